The number of nitrogens with one attached hydrogen (secondary N) is 1. The van der Waals surface area contributed by atoms with Crippen molar-refractivity contribution >= 4 is 23.7 Å². The molecule has 3 aromatic rings. The van der Waals surface area contributed by atoms with Crippen LogP contribution in [0.3, 0.4) is 0 Å². The zero-order chi connectivity index (χ0) is 32.1. The number of hydrogen-bond acceptors (Lipinski definition) is 8. The van der Waals surface area contributed by atoms with Crippen LogP contribution in [0.2, 0.25) is 0 Å². The molecule has 2 amide bonds. The number of aromatic nitrogens is 2. The van der Waals surface area contributed by atoms with Gasteiger partial charge in [-0.15, -0.1) is 0 Å². The molecule has 1 aliphatic rings. The summed E-state index contributed by atoms with van der Waals surface area (Å²) in [6.07, 6.45) is -0.685. The summed E-state index contributed by atoms with van der Waals surface area (Å²) in [4.78, 5) is 41.7. The van der Waals surface area contributed by atoms with Crippen LogP contribution in [0.15, 0.2) is 54.6 Å². The summed E-state index contributed by atoms with van der Waals surface area (Å²) in [5, 5.41) is 16.2. The molecular formula is C33H39N5O6. The molecule has 1 N–H and O–H groups in total. The first-order valence-electron chi connectivity index (χ1n) is 14.5. The van der Waals surface area contributed by atoms with E-state index in [0.29, 0.717) is 24.4 Å². The maximum absolute atomic E-state index is 13.5. The van der Waals surface area contributed by atoms with Crippen LogP contribution in [0.5, 0.6) is 5.75 Å². The van der Waals surface area contributed by atoms with Gasteiger partial charge in [-0.3, -0.25) is 19.6 Å². The molecule has 0 radical (unpaired) electrons. The predicted molar refractivity (Wildman–Crippen MR) is 163 cm³/mol. The fourth-order valence-corrected chi connectivity index (χ4v) is 4.74. The minimum Gasteiger partial charge on any atom is -0.479 e. The zero-order valence-electron chi connectivity index (χ0n) is 26.0. The normalized spacial score (nSPS) is 13.4. The lowest BCUT2D eigenvalue weighted by Gasteiger charge is -2.29. The lowest BCUT2D eigenvalue weighted by molar-refractivity contribution is -0.155. The van der Waals surface area contributed by atoms with Gasteiger partial charge < -0.3 is 19.1 Å². The number of fused-ring (bicyclic) bond motifs is 1. The molecule has 0 bridgehead atoms. The average Bonchev–Trinajstić information content (AvgIpc) is 3.59. The molecule has 1 unspecified atom stereocenters. The molecule has 1 aliphatic heterocycles. The van der Waals surface area contributed by atoms with Crippen molar-refractivity contribution in [2.24, 2.45) is 0 Å². The molecule has 1 atom stereocenters. The minimum atomic E-state index is -0.773. The fourth-order valence-electron chi connectivity index (χ4n) is 4.74. The number of esters is 1. The highest BCUT2D eigenvalue weighted by molar-refractivity contribution is 5.98. The van der Waals surface area contributed by atoms with E-state index in [9.17, 15) is 19.6 Å². The number of benzene rings is 2. The molecule has 0 spiro atoms. The predicted octanol–water partition coefficient (Wildman–Crippen LogP) is 5.31. The Morgan fingerprint density at radius 1 is 1.02 bits per heavy atom. The maximum atomic E-state index is 13.5. The summed E-state index contributed by atoms with van der Waals surface area (Å²) in [5.41, 5.74) is 1.99. The van der Waals surface area contributed by atoms with Crippen molar-refractivity contribution in [1.29, 1.82) is 5.26 Å². The van der Waals surface area contributed by atoms with Crippen molar-refractivity contribution in [2.45, 2.75) is 71.7 Å². The third kappa shape index (κ3) is 8.60. The highest BCUT2D eigenvalue weighted by Crippen LogP contribution is 2.34. The van der Waals surface area contributed by atoms with Crippen LogP contribution in [0.4, 0.5) is 10.5 Å². The molecular weight excluding hydrogens is 562 g/mol. The third-order valence-electron chi connectivity index (χ3n) is 6.58. The van der Waals surface area contributed by atoms with Crippen molar-refractivity contribution in [3.8, 4) is 11.8 Å². The number of rotatable bonds is 9. The van der Waals surface area contributed by atoms with E-state index in [2.05, 4.69) is 10.2 Å². The number of carbonyl (C=O) groups is 3. The Bertz CT molecular complexity index is 1530. The van der Waals surface area contributed by atoms with Crippen molar-refractivity contribution in [1.82, 2.24) is 15.1 Å². The molecule has 0 saturated carbocycles. The van der Waals surface area contributed by atoms with Crippen LogP contribution < -0.4 is 9.64 Å². The number of H-pyrrole nitrogens is 1. The van der Waals surface area contributed by atoms with Crippen LogP contribution in [-0.2, 0) is 25.5 Å². The quantitative estimate of drug-likeness (QED) is 0.326. The van der Waals surface area contributed by atoms with Crippen molar-refractivity contribution < 1.29 is 28.6 Å². The first-order chi connectivity index (χ1) is 20.7. The Labute approximate surface area is 257 Å². The number of aromatic amines is 1. The van der Waals surface area contributed by atoms with Gasteiger partial charge in [0.05, 0.1) is 12.1 Å². The van der Waals surface area contributed by atoms with Crippen LogP contribution in [-0.4, -0.2) is 63.9 Å². The second kappa shape index (κ2) is 13.2. The summed E-state index contributed by atoms with van der Waals surface area (Å²) in [6, 6.07) is 18.8. The molecule has 2 heterocycles. The Hall–Kier alpha value is -4.85. The Morgan fingerprint density at radius 2 is 1.73 bits per heavy atom. The molecule has 11 nitrogen and oxygen atoms in total. The maximum Gasteiger partial charge on any atom is 0.410 e. The standard InChI is InChI=1S/C33H39N5O6/c1-32(2,3)43-29(40)15-16-37(31(41)44-33(4,5)6)21-28(39)38-17-14-23-18-25(12-13-27(23)38)42-30(22-10-8-7-9-11-22)26-19-24(20-34)35-36-26/h7-13,18-19,30H,14-17,21H2,1-6H3,(H,35,36). The molecule has 4 rings (SSSR count). The van der Waals surface area contributed by atoms with E-state index in [1.54, 1.807) is 58.6 Å². The van der Waals surface area contributed by atoms with Gasteiger partial charge in [-0.1, -0.05) is 30.3 Å². The van der Waals surface area contributed by atoms with Crippen LogP contribution >= 0.6 is 0 Å². The number of nitrogens with zero attached hydrogens (tertiary/aromatic N) is 4. The Balaban J connectivity index is 1.49. The Kier molecular flexibility index (Phi) is 9.62. The highest BCUT2D eigenvalue weighted by atomic mass is 16.6. The van der Waals surface area contributed by atoms with Crippen LogP contribution in [0, 0.1) is 11.3 Å². The molecule has 0 aliphatic carbocycles. The van der Waals surface area contributed by atoms with E-state index in [1.807, 2.05) is 48.5 Å². The molecule has 232 valence electrons. The Morgan fingerprint density at radius 3 is 2.36 bits per heavy atom. The van der Waals surface area contributed by atoms with Gasteiger partial charge in [0.15, 0.2) is 11.8 Å². The first kappa shape index (κ1) is 32.1. The van der Waals surface area contributed by atoms with Gasteiger partial charge in [-0.05, 0) is 77.3 Å². The molecule has 0 fully saturated rings. The van der Waals surface area contributed by atoms with Gasteiger partial charge in [0.25, 0.3) is 0 Å². The van der Waals surface area contributed by atoms with Crippen LogP contribution in [0.1, 0.15) is 76.6 Å². The second-order valence-corrected chi connectivity index (χ2v) is 12.6. The highest BCUT2D eigenvalue weighted by Gasteiger charge is 2.31. The van der Waals surface area contributed by atoms with Crippen molar-refractivity contribution in [3.05, 3.63) is 77.1 Å². The van der Waals surface area contributed by atoms with Gasteiger partial charge in [0, 0.05) is 24.8 Å². The molecule has 0 saturated heterocycles. The van der Waals surface area contributed by atoms with E-state index in [0.717, 1.165) is 16.8 Å². The largest absolute Gasteiger partial charge is 0.479 e. The summed E-state index contributed by atoms with van der Waals surface area (Å²) >= 11 is 0. The average molecular weight is 602 g/mol. The number of carbonyl (C=O) groups excluding carboxylic acids is 3. The van der Waals surface area contributed by atoms with E-state index in [4.69, 9.17) is 14.2 Å². The molecule has 1 aromatic heterocycles. The van der Waals surface area contributed by atoms with Gasteiger partial charge in [0.1, 0.15) is 29.6 Å². The van der Waals surface area contributed by atoms with Gasteiger partial charge >= 0.3 is 12.1 Å². The number of anilines is 1. The lowest BCUT2D eigenvalue weighted by Crippen LogP contribution is -2.45. The third-order valence-corrected chi connectivity index (χ3v) is 6.58. The monoisotopic (exact) mass is 601 g/mol. The van der Waals surface area contributed by atoms with Gasteiger partial charge in [-0.2, -0.15) is 10.4 Å². The van der Waals surface area contributed by atoms with Crippen molar-refractivity contribution in [3.63, 3.8) is 0 Å². The first-order valence-corrected chi connectivity index (χ1v) is 14.5. The molecule has 11 heteroatoms. The van der Waals surface area contributed by atoms with Crippen LogP contribution in [0.25, 0.3) is 0 Å². The number of nitriles is 1. The summed E-state index contributed by atoms with van der Waals surface area (Å²) in [6.45, 7) is 10.7. The number of hydrogen-bond donors (Lipinski definition) is 1. The fraction of sp³-hybridized carbons (Fsp3) is 0.424. The smallest absolute Gasteiger partial charge is 0.410 e. The second-order valence-electron chi connectivity index (χ2n) is 12.6. The van der Waals surface area contributed by atoms with E-state index in [-0.39, 0.29) is 31.1 Å². The lowest BCUT2D eigenvalue weighted by atomic mass is 10.1. The molecule has 2 aromatic carbocycles. The summed E-state index contributed by atoms with van der Waals surface area (Å²) in [5.74, 6) is -0.172. The van der Waals surface area contributed by atoms with E-state index >= 15 is 0 Å². The van der Waals surface area contributed by atoms with Gasteiger partial charge in [-0.25, -0.2) is 4.79 Å². The topological polar surface area (TPSA) is 138 Å². The van der Waals surface area contributed by atoms with Crippen molar-refractivity contribution in [2.75, 3.05) is 24.5 Å². The molecule has 44 heavy (non-hydrogen) atoms. The van der Waals surface area contributed by atoms with Gasteiger partial charge in [0.2, 0.25) is 5.91 Å². The SMILES string of the molecule is CC(C)(C)OC(=O)CCN(CC(=O)N1CCc2cc(OC(c3ccccc3)c3cc(C#N)n[nH]3)ccc21)C(=O)OC(C)(C)C. The number of ether oxygens (including phenoxy) is 3. The van der Waals surface area contributed by atoms with E-state index < -0.39 is 29.4 Å². The van der Waals surface area contributed by atoms with E-state index in [1.165, 1.54) is 4.90 Å². The zero-order valence-corrected chi connectivity index (χ0v) is 26.0. The summed E-state index contributed by atoms with van der Waals surface area (Å²) < 4.78 is 17.3. The summed E-state index contributed by atoms with van der Waals surface area (Å²) in [7, 11) is 0. The minimum absolute atomic E-state index is 0.0228. The number of amides is 2.